The molecular formula is C29H33Cl2N3O4S. The number of halogens is 2. The van der Waals surface area contributed by atoms with Crippen LogP contribution in [0.3, 0.4) is 0 Å². The molecule has 39 heavy (non-hydrogen) atoms. The molecule has 0 aliphatic carbocycles. The van der Waals surface area contributed by atoms with E-state index < -0.39 is 34.1 Å². The van der Waals surface area contributed by atoms with Crippen molar-refractivity contribution in [2.75, 3.05) is 10.8 Å². The summed E-state index contributed by atoms with van der Waals surface area (Å²) in [5.41, 5.74) is 0.365. The molecule has 3 aromatic carbocycles. The molecule has 0 fully saturated rings. The Bertz CT molecular complexity index is 1400. The Morgan fingerprint density at radius 2 is 1.51 bits per heavy atom. The average molecular weight is 591 g/mol. The van der Waals surface area contributed by atoms with E-state index in [1.807, 2.05) is 20.8 Å². The van der Waals surface area contributed by atoms with Gasteiger partial charge in [0.25, 0.3) is 10.0 Å². The van der Waals surface area contributed by atoms with E-state index in [0.29, 0.717) is 27.7 Å². The van der Waals surface area contributed by atoms with Crippen LogP contribution in [-0.2, 0) is 26.2 Å². The molecule has 0 spiro atoms. The maximum Gasteiger partial charge on any atom is 0.264 e. The van der Waals surface area contributed by atoms with Gasteiger partial charge in [-0.2, -0.15) is 0 Å². The van der Waals surface area contributed by atoms with Gasteiger partial charge in [0.2, 0.25) is 11.8 Å². The molecule has 0 aliphatic heterocycles. The first kappa shape index (κ1) is 30.5. The number of hydrogen-bond donors (Lipinski definition) is 1. The SMILES string of the molecule is CC[C@H](C(=O)NC(C)(C)C)N(Cc1ccc(Cl)cc1Cl)C(=O)CN(c1ccccc1)S(=O)(=O)c1ccccc1. The smallest absolute Gasteiger partial charge is 0.264 e. The molecule has 3 aromatic rings. The van der Waals surface area contributed by atoms with E-state index in [4.69, 9.17) is 23.2 Å². The highest BCUT2D eigenvalue weighted by molar-refractivity contribution is 7.92. The molecule has 208 valence electrons. The fourth-order valence-electron chi connectivity index (χ4n) is 4.05. The number of anilines is 1. The van der Waals surface area contributed by atoms with E-state index >= 15 is 0 Å². The first-order chi connectivity index (χ1) is 18.3. The van der Waals surface area contributed by atoms with Gasteiger partial charge >= 0.3 is 0 Å². The molecular weight excluding hydrogens is 557 g/mol. The molecule has 0 bridgehead atoms. The molecule has 1 atom stereocenters. The third-order valence-electron chi connectivity index (χ3n) is 5.89. The van der Waals surface area contributed by atoms with Crippen LogP contribution in [0.15, 0.2) is 83.8 Å². The summed E-state index contributed by atoms with van der Waals surface area (Å²) >= 11 is 12.5. The Kier molecular flexibility index (Phi) is 10.0. The van der Waals surface area contributed by atoms with E-state index in [1.54, 1.807) is 73.7 Å². The number of carbonyl (C=O) groups excluding carboxylic acids is 2. The molecule has 10 heteroatoms. The predicted octanol–water partition coefficient (Wildman–Crippen LogP) is 5.91. The third-order valence-corrected chi connectivity index (χ3v) is 8.27. The lowest BCUT2D eigenvalue weighted by Crippen LogP contribution is -2.55. The normalized spacial score (nSPS) is 12.5. The highest BCUT2D eigenvalue weighted by atomic mass is 35.5. The molecule has 0 unspecified atom stereocenters. The van der Waals surface area contributed by atoms with Gasteiger partial charge < -0.3 is 10.2 Å². The Morgan fingerprint density at radius 1 is 0.923 bits per heavy atom. The Labute approximate surface area is 240 Å². The van der Waals surface area contributed by atoms with Crippen molar-refractivity contribution in [3.05, 3.63) is 94.5 Å². The van der Waals surface area contributed by atoms with Crippen molar-refractivity contribution >= 4 is 50.7 Å². The van der Waals surface area contributed by atoms with E-state index in [-0.39, 0.29) is 17.3 Å². The Hall–Kier alpha value is -3.07. The maximum absolute atomic E-state index is 14.0. The number of amides is 2. The van der Waals surface area contributed by atoms with Gasteiger partial charge in [-0.25, -0.2) is 8.42 Å². The lowest BCUT2D eigenvalue weighted by molar-refractivity contribution is -0.141. The molecule has 2 amide bonds. The number of nitrogens with zero attached hydrogens (tertiary/aromatic N) is 2. The van der Waals surface area contributed by atoms with Gasteiger partial charge in [0.15, 0.2) is 0 Å². The molecule has 0 saturated carbocycles. The third kappa shape index (κ3) is 7.97. The van der Waals surface area contributed by atoms with Crippen LogP contribution in [0.4, 0.5) is 5.69 Å². The average Bonchev–Trinajstić information content (AvgIpc) is 2.88. The van der Waals surface area contributed by atoms with Crippen LogP contribution in [0.25, 0.3) is 0 Å². The van der Waals surface area contributed by atoms with Gasteiger partial charge in [0.05, 0.1) is 10.6 Å². The molecule has 0 heterocycles. The van der Waals surface area contributed by atoms with Crippen molar-refractivity contribution in [1.29, 1.82) is 0 Å². The molecule has 0 aromatic heterocycles. The minimum Gasteiger partial charge on any atom is -0.350 e. The largest absolute Gasteiger partial charge is 0.350 e. The van der Waals surface area contributed by atoms with Crippen molar-refractivity contribution in [2.24, 2.45) is 0 Å². The fraction of sp³-hybridized carbons (Fsp3) is 0.310. The standard InChI is InChI=1S/C29H33Cl2N3O4S/c1-5-26(28(36)32-29(2,3)4)33(19-21-16-17-22(30)18-25(21)31)27(35)20-34(23-12-8-6-9-13-23)39(37,38)24-14-10-7-11-15-24/h6-18,26H,5,19-20H2,1-4H3,(H,32,36)/t26-/m1/s1. The number of carbonyl (C=O) groups is 2. The first-order valence-corrected chi connectivity index (χ1v) is 14.7. The predicted molar refractivity (Wildman–Crippen MR) is 156 cm³/mol. The molecule has 3 rings (SSSR count). The van der Waals surface area contributed by atoms with E-state index in [9.17, 15) is 18.0 Å². The Morgan fingerprint density at radius 3 is 2.05 bits per heavy atom. The van der Waals surface area contributed by atoms with E-state index in [0.717, 1.165) is 4.31 Å². The molecule has 0 aliphatic rings. The van der Waals surface area contributed by atoms with Crippen molar-refractivity contribution in [3.63, 3.8) is 0 Å². The van der Waals surface area contributed by atoms with Gasteiger partial charge in [0.1, 0.15) is 12.6 Å². The van der Waals surface area contributed by atoms with Gasteiger partial charge in [-0.1, -0.05) is 72.6 Å². The van der Waals surface area contributed by atoms with Gasteiger partial charge in [-0.05, 0) is 69.2 Å². The number of nitrogens with one attached hydrogen (secondary N) is 1. The van der Waals surface area contributed by atoms with Crippen LogP contribution < -0.4 is 9.62 Å². The zero-order chi connectivity index (χ0) is 28.8. The lowest BCUT2D eigenvalue weighted by Gasteiger charge is -2.35. The molecule has 7 nitrogen and oxygen atoms in total. The monoisotopic (exact) mass is 589 g/mol. The van der Waals surface area contributed by atoms with E-state index in [1.165, 1.54) is 17.0 Å². The number of benzene rings is 3. The van der Waals surface area contributed by atoms with Gasteiger partial charge in [0, 0.05) is 22.1 Å². The number of rotatable bonds is 10. The van der Waals surface area contributed by atoms with Crippen LogP contribution in [0.2, 0.25) is 10.0 Å². The summed E-state index contributed by atoms with van der Waals surface area (Å²) in [6.07, 6.45) is 0.301. The maximum atomic E-state index is 14.0. The van der Waals surface area contributed by atoms with Crippen LogP contribution in [0.5, 0.6) is 0 Å². The highest BCUT2D eigenvalue weighted by Gasteiger charge is 2.34. The molecule has 1 N–H and O–H groups in total. The summed E-state index contributed by atoms with van der Waals surface area (Å²) in [5.74, 6) is -0.902. The molecule has 0 radical (unpaired) electrons. The van der Waals surface area contributed by atoms with Crippen LogP contribution >= 0.6 is 23.2 Å². The highest BCUT2D eigenvalue weighted by Crippen LogP contribution is 2.27. The lowest BCUT2D eigenvalue weighted by atomic mass is 10.1. The van der Waals surface area contributed by atoms with Gasteiger partial charge in [-0.3, -0.25) is 13.9 Å². The van der Waals surface area contributed by atoms with Crippen LogP contribution in [0.1, 0.15) is 39.7 Å². The van der Waals surface area contributed by atoms with Gasteiger partial charge in [-0.15, -0.1) is 0 Å². The summed E-state index contributed by atoms with van der Waals surface area (Å²) in [6, 6.07) is 20.4. The second-order valence-electron chi connectivity index (χ2n) is 10.1. The molecule has 0 saturated heterocycles. The minimum atomic E-state index is -4.11. The number of sulfonamides is 1. The van der Waals surface area contributed by atoms with Crippen LogP contribution in [-0.4, -0.2) is 43.3 Å². The van der Waals surface area contributed by atoms with Crippen molar-refractivity contribution < 1.29 is 18.0 Å². The summed E-state index contributed by atoms with van der Waals surface area (Å²) in [6.45, 7) is 6.81. The Balaban J connectivity index is 2.06. The second kappa shape index (κ2) is 12.9. The van der Waals surface area contributed by atoms with Crippen LogP contribution in [0, 0.1) is 0 Å². The summed E-state index contributed by atoms with van der Waals surface area (Å²) in [4.78, 5) is 28.8. The fourth-order valence-corrected chi connectivity index (χ4v) is 5.95. The number of hydrogen-bond acceptors (Lipinski definition) is 4. The first-order valence-electron chi connectivity index (χ1n) is 12.5. The van der Waals surface area contributed by atoms with Crippen molar-refractivity contribution in [2.45, 2.75) is 57.1 Å². The van der Waals surface area contributed by atoms with Crippen molar-refractivity contribution in [3.8, 4) is 0 Å². The van der Waals surface area contributed by atoms with Crippen molar-refractivity contribution in [1.82, 2.24) is 10.2 Å². The summed E-state index contributed by atoms with van der Waals surface area (Å²) in [7, 11) is -4.11. The zero-order valence-electron chi connectivity index (χ0n) is 22.4. The second-order valence-corrected chi connectivity index (χ2v) is 12.8. The quantitative estimate of drug-likeness (QED) is 0.318. The summed E-state index contributed by atoms with van der Waals surface area (Å²) in [5, 5.41) is 3.71. The summed E-state index contributed by atoms with van der Waals surface area (Å²) < 4.78 is 28.5. The zero-order valence-corrected chi connectivity index (χ0v) is 24.7. The van der Waals surface area contributed by atoms with E-state index in [2.05, 4.69) is 5.32 Å². The topological polar surface area (TPSA) is 86.8 Å². The minimum absolute atomic E-state index is 0.0150. The number of para-hydroxylation sites is 1.